The molecule has 6 heteroatoms. The molecule has 2 N–H and O–H groups in total. The van der Waals surface area contributed by atoms with Gasteiger partial charge in [-0.15, -0.1) is 0 Å². The zero-order valence-electron chi connectivity index (χ0n) is 15.5. The van der Waals surface area contributed by atoms with Gasteiger partial charge in [-0.2, -0.15) is 0 Å². The molecule has 0 spiro atoms. The Morgan fingerprint density at radius 2 is 1.71 bits per heavy atom. The molecule has 1 aromatic heterocycles. The third kappa shape index (κ3) is 3.71. The van der Waals surface area contributed by atoms with Crippen molar-refractivity contribution < 1.29 is 9.59 Å². The second-order valence-corrected chi connectivity index (χ2v) is 6.65. The molecule has 1 aliphatic heterocycles. The van der Waals surface area contributed by atoms with E-state index in [2.05, 4.69) is 21.7 Å². The largest absolute Gasteiger partial charge is 0.355 e. The molecule has 2 amide bonds. The fraction of sp³-hybridized carbons (Fsp3) is 0.136. The molecular formula is C22H20N4O2. The summed E-state index contributed by atoms with van der Waals surface area (Å²) in [7, 11) is 0. The minimum absolute atomic E-state index is 0.102. The number of carbonyl (C=O) groups is 2. The fourth-order valence-electron chi connectivity index (χ4n) is 3.32. The molecule has 0 bridgehead atoms. The van der Waals surface area contributed by atoms with Gasteiger partial charge in [-0.25, -0.2) is 0 Å². The second kappa shape index (κ2) is 7.52. The van der Waals surface area contributed by atoms with Crippen molar-refractivity contribution >= 4 is 34.6 Å². The van der Waals surface area contributed by atoms with Crippen molar-refractivity contribution in [3.8, 4) is 0 Å². The number of hydrogen-bond acceptors (Lipinski definition) is 4. The van der Waals surface area contributed by atoms with Crippen molar-refractivity contribution in [1.29, 1.82) is 0 Å². The Labute approximate surface area is 163 Å². The lowest BCUT2D eigenvalue weighted by Crippen LogP contribution is -2.29. The van der Waals surface area contributed by atoms with Crippen molar-refractivity contribution in [3.63, 3.8) is 0 Å². The summed E-state index contributed by atoms with van der Waals surface area (Å²) in [6.45, 7) is 2.14. The number of aromatic nitrogens is 1. The smallest absolute Gasteiger partial charge is 0.276 e. The molecule has 0 fully saturated rings. The van der Waals surface area contributed by atoms with E-state index in [0.717, 1.165) is 29.2 Å². The van der Waals surface area contributed by atoms with E-state index in [9.17, 15) is 9.59 Å². The summed E-state index contributed by atoms with van der Waals surface area (Å²) in [4.78, 5) is 30.1. The molecule has 1 aliphatic rings. The van der Waals surface area contributed by atoms with E-state index in [1.165, 1.54) is 12.5 Å². The molecule has 0 atom stereocenters. The highest BCUT2D eigenvalue weighted by Crippen LogP contribution is 2.29. The number of benzene rings is 2. The number of nitrogens with zero attached hydrogens (tertiary/aromatic N) is 2. The first-order valence-corrected chi connectivity index (χ1v) is 9.11. The molecule has 0 radical (unpaired) electrons. The average molecular weight is 372 g/mol. The first-order chi connectivity index (χ1) is 13.6. The summed E-state index contributed by atoms with van der Waals surface area (Å²) in [6, 6.07) is 18.9. The van der Waals surface area contributed by atoms with Crippen LogP contribution in [-0.2, 0) is 11.2 Å². The summed E-state index contributed by atoms with van der Waals surface area (Å²) in [6.07, 6.45) is 2.49. The van der Waals surface area contributed by atoms with E-state index < -0.39 is 0 Å². The van der Waals surface area contributed by atoms with E-state index in [1.807, 2.05) is 48.5 Å². The Morgan fingerprint density at radius 1 is 0.964 bits per heavy atom. The third-order valence-corrected chi connectivity index (χ3v) is 4.61. The monoisotopic (exact) mass is 372 g/mol. The molecule has 2 heterocycles. The van der Waals surface area contributed by atoms with Gasteiger partial charge in [0, 0.05) is 42.4 Å². The van der Waals surface area contributed by atoms with Crippen LogP contribution in [0.4, 0.5) is 22.7 Å². The molecule has 0 aliphatic carbocycles. The van der Waals surface area contributed by atoms with Crippen molar-refractivity contribution in [3.05, 3.63) is 78.1 Å². The average Bonchev–Trinajstić information content (AvgIpc) is 3.13. The van der Waals surface area contributed by atoms with Crippen LogP contribution in [0.5, 0.6) is 0 Å². The quantitative estimate of drug-likeness (QED) is 0.726. The zero-order chi connectivity index (χ0) is 19.5. The van der Waals surface area contributed by atoms with E-state index >= 15 is 0 Å². The van der Waals surface area contributed by atoms with Crippen LogP contribution in [-0.4, -0.2) is 23.3 Å². The number of nitrogens with one attached hydrogen (secondary N) is 2. The first kappa shape index (κ1) is 17.7. The third-order valence-electron chi connectivity index (χ3n) is 4.61. The van der Waals surface area contributed by atoms with Crippen LogP contribution in [0.2, 0.25) is 0 Å². The highest BCUT2D eigenvalue weighted by Gasteiger charge is 2.25. The Morgan fingerprint density at radius 3 is 2.50 bits per heavy atom. The minimum atomic E-state index is -0.110. The predicted molar refractivity (Wildman–Crippen MR) is 110 cm³/mol. The molecule has 4 rings (SSSR count). The molecular weight excluding hydrogens is 352 g/mol. The number of hydrogen-bond donors (Lipinski definition) is 2. The van der Waals surface area contributed by atoms with Crippen LogP contribution >= 0.6 is 0 Å². The summed E-state index contributed by atoms with van der Waals surface area (Å²) in [5.41, 5.74) is 4.90. The van der Waals surface area contributed by atoms with Gasteiger partial charge in [-0.3, -0.25) is 14.6 Å². The molecule has 0 saturated heterocycles. The standard InChI is InChI=1S/C22H20N4O2/c1-15(27)24-17-6-8-18(9-7-17)25-19-10-12-23-20(14-19)22(28)26-13-11-16-4-2-3-5-21(16)26/h2-10,12,14H,11,13H2,1H3,(H,23,25)(H,24,27). The van der Waals surface area contributed by atoms with Gasteiger partial charge >= 0.3 is 0 Å². The van der Waals surface area contributed by atoms with Crippen molar-refractivity contribution in [2.24, 2.45) is 0 Å². The van der Waals surface area contributed by atoms with Crippen LogP contribution in [0, 0.1) is 0 Å². The lowest BCUT2D eigenvalue weighted by atomic mass is 10.2. The van der Waals surface area contributed by atoms with Gasteiger partial charge in [0.05, 0.1) is 0 Å². The van der Waals surface area contributed by atoms with E-state index in [-0.39, 0.29) is 11.8 Å². The highest BCUT2D eigenvalue weighted by atomic mass is 16.2. The maximum absolute atomic E-state index is 13.0. The maximum Gasteiger partial charge on any atom is 0.276 e. The number of rotatable bonds is 4. The number of carbonyl (C=O) groups excluding carboxylic acids is 2. The Hall–Kier alpha value is -3.67. The summed E-state index contributed by atoms with van der Waals surface area (Å²) in [5.74, 6) is -0.212. The molecule has 0 saturated carbocycles. The van der Waals surface area contributed by atoms with Gasteiger partial charge in [0.15, 0.2) is 0 Å². The van der Waals surface area contributed by atoms with E-state index in [1.54, 1.807) is 17.2 Å². The SMILES string of the molecule is CC(=O)Nc1ccc(Nc2ccnc(C(=O)N3CCc4ccccc43)c2)cc1. The Kier molecular flexibility index (Phi) is 4.76. The number of amides is 2. The van der Waals surface area contributed by atoms with E-state index in [4.69, 9.17) is 0 Å². The van der Waals surface area contributed by atoms with Crippen LogP contribution in [0.25, 0.3) is 0 Å². The molecule has 2 aromatic carbocycles. The summed E-state index contributed by atoms with van der Waals surface area (Å²) >= 11 is 0. The second-order valence-electron chi connectivity index (χ2n) is 6.65. The zero-order valence-corrected chi connectivity index (χ0v) is 15.5. The number of para-hydroxylation sites is 1. The number of pyridine rings is 1. The van der Waals surface area contributed by atoms with Gasteiger partial charge in [0.25, 0.3) is 5.91 Å². The predicted octanol–water partition coefficient (Wildman–Crippen LogP) is 3.99. The topological polar surface area (TPSA) is 74.3 Å². The van der Waals surface area contributed by atoms with Crippen molar-refractivity contribution in [2.45, 2.75) is 13.3 Å². The molecule has 6 nitrogen and oxygen atoms in total. The lowest BCUT2D eigenvalue weighted by Gasteiger charge is -2.17. The summed E-state index contributed by atoms with van der Waals surface area (Å²) in [5, 5.41) is 6.00. The normalized spacial score (nSPS) is 12.4. The molecule has 140 valence electrons. The van der Waals surface area contributed by atoms with Crippen LogP contribution in [0.1, 0.15) is 23.0 Å². The van der Waals surface area contributed by atoms with Gasteiger partial charge in [-0.05, 0) is 54.4 Å². The Bertz CT molecular complexity index is 1030. The van der Waals surface area contributed by atoms with Crippen LogP contribution in [0.15, 0.2) is 66.9 Å². The highest BCUT2D eigenvalue weighted by molar-refractivity contribution is 6.06. The first-order valence-electron chi connectivity index (χ1n) is 9.11. The molecule has 0 unspecified atom stereocenters. The maximum atomic E-state index is 13.0. The van der Waals surface area contributed by atoms with Gasteiger partial charge in [0.1, 0.15) is 5.69 Å². The number of anilines is 4. The van der Waals surface area contributed by atoms with Crippen LogP contribution in [0.3, 0.4) is 0 Å². The van der Waals surface area contributed by atoms with E-state index in [0.29, 0.717) is 12.2 Å². The fourth-order valence-corrected chi connectivity index (χ4v) is 3.32. The van der Waals surface area contributed by atoms with Gasteiger partial charge < -0.3 is 15.5 Å². The summed E-state index contributed by atoms with van der Waals surface area (Å²) < 4.78 is 0. The minimum Gasteiger partial charge on any atom is -0.355 e. The van der Waals surface area contributed by atoms with Gasteiger partial charge in [-0.1, -0.05) is 18.2 Å². The Balaban J connectivity index is 1.50. The van der Waals surface area contributed by atoms with Crippen molar-refractivity contribution in [1.82, 2.24) is 4.98 Å². The lowest BCUT2D eigenvalue weighted by molar-refractivity contribution is -0.114. The number of fused-ring (bicyclic) bond motifs is 1. The van der Waals surface area contributed by atoms with Crippen LogP contribution < -0.4 is 15.5 Å². The molecule has 28 heavy (non-hydrogen) atoms. The van der Waals surface area contributed by atoms with Gasteiger partial charge in [0.2, 0.25) is 5.91 Å². The molecule has 3 aromatic rings. The van der Waals surface area contributed by atoms with Crippen molar-refractivity contribution in [2.75, 3.05) is 22.1 Å².